The number of nitrogens with zero attached hydrogens (tertiary/aromatic N) is 1. The Morgan fingerprint density at radius 3 is 2.50 bits per heavy atom. The third kappa shape index (κ3) is 2.84. The van der Waals surface area contributed by atoms with Crippen LogP contribution in [0.25, 0.3) is 0 Å². The lowest BCUT2D eigenvalue weighted by molar-refractivity contribution is -0.136. The van der Waals surface area contributed by atoms with Gasteiger partial charge < -0.3 is 5.32 Å². The summed E-state index contributed by atoms with van der Waals surface area (Å²) < 4.78 is 0. The Balaban J connectivity index is 1.58. The van der Waals surface area contributed by atoms with Gasteiger partial charge in [-0.25, -0.2) is 0 Å². The summed E-state index contributed by atoms with van der Waals surface area (Å²) in [5.74, 6) is 0.287. The molecule has 4 heteroatoms. The Bertz CT molecular complexity index is 478. The van der Waals surface area contributed by atoms with Gasteiger partial charge in [0, 0.05) is 18.1 Å². The zero-order valence-electron chi connectivity index (χ0n) is 11.7. The van der Waals surface area contributed by atoms with E-state index in [9.17, 15) is 4.79 Å². The molecule has 2 fully saturated rings. The van der Waals surface area contributed by atoms with Crippen molar-refractivity contribution in [3.05, 3.63) is 34.9 Å². The number of halogens is 1. The van der Waals surface area contributed by atoms with Crippen LogP contribution in [0.5, 0.6) is 0 Å². The van der Waals surface area contributed by atoms with E-state index in [0.717, 1.165) is 56.9 Å². The van der Waals surface area contributed by atoms with Crippen LogP contribution < -0.4 is 5.32 Å². The number of hydrogen-bond donors (Lipinski definition) is 1. The van der Waals surface area contributed by atoms with Crippen molar-refractivity contribution in [3.63, 3.8) is 0 Å². The maximum atomic E-state index is 12.1. The van der Waals surface area contributed by atoms with Crippen LogP contribution >= 0.6 is 11.6 Å². The van der Waals surface area contributed by atoms with Gasteiger partial charge in [-0.1, -0.05) is 23.7 Å². The quantitative estimate of drug-likeness (QED) is 0.909. The highest BCUT2D eigenvalue weighted by molar-refractivity contribution is 6.30. The minimum Gasteiger partial charge on any atom is -0.356 e. The number of hydrogen-bond acceptors (Lipinski definition) is 2. The van der Waals surface area contributed by atoms with Gasteiger partial charge in [-0.2, -0.15) is 0 Å². The maximum Gasteiger partial charge on any atom is 0.226 e. The number of nitrogens with one attached hydrogen (secondary N) is 1. The monoisotopic (exact) mass is 292 g/mol. The zero-order chi connectivity index (χ0) is 14.0. The molecule has 1 N–H and O–H groups in total. The number of rotatable bonds is 2. The Kier molecular flexibility index (Phi) is 3.99. The normalized spacial score (nSPS) is 22.8. The highest BCUT2D eigenvalue weighted by Gasteiger charge is 2.42. The molecule has 0 aromatic heterocycles. The molecule has 0 saturated carbocycles. The molecule has 3 nitrogen and oxygen atoms in total. The molecule has 0 radical (unpaired) electrons. The molecule has 2 aliphatic rings. The van der Waals surface area contributed by atoms with Gasteiger partial charge in [0.25, 0.3) is 0 Å². The minimum absolute atomic E-state index is 0.0747. The smallest absolute Gasteiger partial charge is 0.226 e. The number of carbonyl (C=O) groups is 1. The van der Waals surface area contributed by atoms with Gasteiger partial charge in [0.2, 0.25) is 5.91 Å². The van der Waals surface area contributed by atoms with E-state index >= 15 is 0 Å². The van der Waals surface area contributed by atoms with Gasteiger partial charge in [-0.15, -0.1) is 0 Å². The van der Waals surface area contributed by atoms with Crippen molar-refractivity contribution in [2.75, 3.05) is 19.6 Å². The van der Waals surface area contributed by atoms with Crippen LogP contribution in [0.3, 0.4) is 0 Å². The molecule has 0 atom stereocenters. The van der Waals surface area contributed by atoms with Gasteiger partial charge in [0.15, 0.2) is 0 Å². The summed E-state index contributed by atoms with van der Waals surface area (Å²) >= 11 is 5.91. The van der Waals surface area contributed by atoms with Crippen LogP contribution in [0.4, 0.5) is 0 Å². The Morgan fingerprint density at radius 1 is 1.15 bits per heavy atom. The van der Waals surface area contributed by atoms with Crippen LogP contribution in [0.2, 0.25) is 5.02 Å². The molecule has 1 aromatic carbocycles. The number of benzene rings is 1. The van der Waals surface area contributed by atoms with Gasteiger partial charge in [0.05, 0.1) is 5.41 Å². The summed E-state index contributed by atoms with van der Waals surface area (Å²) in [6, 6.07) is 8.05. The van der Waals surface area contributed by atoms with Crippen molar-refractivity contribution in [1.82, 2.24) is 10.2 Å². The first-order chi connectivity index (χ1) is 9.68. The molecule has 0 aliphatic carbocycles. The van der Waals surface area contributed by atoms with Crippen molar-refractivity contribution >= 4 is 17.5 Å². The Labute approximate surface area is 125 Å². The standard InChI is InChI=1S/C16H21ClN2O/c17-14-4-2-13(3-5-14)12-19-10-7-16(8-11-19)6-1-9-18-15(16)20/h2-5H,1,6-12H2,(H,18,20). The molecule has 1 amide bonds. The van der Waals surface area contributed by atoms with E-state index < -0.39 is 0 Å². The van der Waals surface area contributed by atoms with Crippen molar-refractivity contribution in [1.29, 1.82) is 0 Å². The molecule has 2 saturated heterocycles. The van der Waals surface area contributed by atoms with E-state index in [1.807, 2.05) is 12.1 Å². The summed E-state index contributed by atoms with van der Waals surface area (Å²) in [4.78, 5) is 14.6. The summed E-state index contributed by atoms with van der Waals surface area (Å²) in [6.07, 6.45) is 4.18. The molecule has 108 valence electrons. The fourth-order valence-corrected chi connectivity index (χ4v) is 3.52. The number of piperidine rings is 2. The van der Waals surface area contributed by atoms with E-state index in [4.69, 9.17) is 11.6 Å². The van der Waals surface area contributed by atoms with E-state index in [-0.39, 0.29) is 11.3 Å². The third-order valence-electron chi connectivity index (χ3n) is 4.73. The Morgan fingerprint density at radius 2 is 1.85 bits per heavy atom. The molecule has 1 spiro atoms. The maximum absolute atomic E-state index is 12.1. The van der Waals surface area contributed by atoms with Gasteiger partial charge in [0.1, 0.15) is 0 Å². The van der Waals surface area contributed by atoms with Gasteiger partial charge >= 0.3 is 0 Å². The molecule has 20 heavy (non-hydrogen) atoms. The number of likely N-dealkylation sites (tertiary alicyclic amines) is 1. The predicted octanol–water partition coefficient (Wildman–Crippen LogP) is 2.83. The molecule has 2 aliphatic heterocycles. The second kappa shape index (κ2) is 5.74. The lowest BCUT2D eigenvalue weighted by Gasteiger charge is -2.42. The second-order valence-electron chi connectivity index (χ2n) is 6.04. The van der Waals surface area contributed by atoms with Crippen LogP contribution in [-0.2, 0) is 11.3 Å². The SMILES string of the molecule is O=C1NCCCC12CCN(Cc1ccc(Cl)cc1)CC2. The second-order valence-corrected chi connectivity index (χ2v) is 6.48. The van der Waals surface area contributed by atoms with Crippen LogP contribution in [-0.4, -0.2) is 30.4 Å². The first kappa shape index (κ1) is 13.9. The molecule has 3 rings (SSSR count). The number of carbonyl (C=O) groups excluding carboxylic acids is 1. The molecular formula is C16H21ClN2O. The zero-order valence-corrected chi connectivity index (χ0v) is 12.5. The van der Waals surface area contributed by atoms with Crippen molar-refractivity contribution in [3.8, 4) is 0 Å². The first-order valence-electron chi connectivity index (χ1n) is 7.43. The highest BCUT2D eigenvalue weighted by Crippen LogP contribution is 2.38. The largest absolute Gasteiger partial charge is 0.356 e. The minimum atomic E-state index is -0.0747. The van der Waals surface area contributed by atoms with Crippen LogP contribution in [0.1, 0.15) is 31.2 Å². The summed E-state index contributed by atoms with van der Waals surface area (Å²) in [6.45, 7) is 3.83. The molecule has 2 heterocycles. The molecule has 1 aromatic rings. The molecule has 0 unspecified atom stereocenters. The summed E-state index contributed by atoms with van der Waals surface area (Å²) in [7, 11) is 0. The average Bonchev–Trinajstić information content (AvgIpc) is 2.47. The molecular weight excluding hydrogens is 272 g/mol. The van der Waals surface area contributed by atoms with E-state index in [1.165, 1.54) is 5.56 Å². The lowest BCUT2D eigenvalue weighted by Crippen LogP contribution is -2.51. The number of amides is 1. The van der Waals surface area contributed by atoms with E-state index in [0.29, 0.717) is 0 Å². The summed E-state index contributed by atoms with van der Waals surface area (Å²) in [5.41, 5.74) is 1.22. The fourth-order valence-electron chi connectivity index (χ4n) is 3.39. The highest BCUT2D eigenvalue weighted by atomic mass is 35.5. The van der Waals surface area contributed by atoms with E-state index in [2.05, 4.69) is 22.3 Å². The molecule has 0 bridgehead atoms. The first-order valence-corrected chi connectivity index (χ1v) is 7.81. The van der Waals surface area contributed by atoms with Crippen LogP contribution in [0.15, 0.2) is 24.3 Å². The lowest BCUT2D eigenvalue weighted by atomic mass is 9.72. The van der Waals surface area contributed by atoms with Crippen LogP contribution in [0, 0.1) is 5.41 Å². The van der Waals surface area contributed by atoms with Crippen molar-refractivity contribution < 1.29 is 4.79 Å². The summed E-state index contributed by atoms with van der Waals surface area (Å²) in [5, 5.41) is 3.82. The van der Waals surface area contributed by atoms with Crippen molar-refractivity contribution in [2.45, 2.75) is 32.2 Å². The third-order valence-corrected chi connectivity index (χ3v) is 4.98. The Hall–Kier alpha value is -1.06. The predicted molar refractivity (Wildman–Crippen MR) is 80.6 cm³/mol. The fraction of sp³-hybridized carbons (Fsp3) is 0.562. The topological polar surface area (TPSA) is 32.3 Å². The van der Waals surface area contributed by atoms with Gasteiger partial charge in [-0.3, -0.25) is 9.69 Å². The van der Waals surface area contributed by atoms with E-state index in [1.54, 1.807) is 0 Å². The van der Waals surface area contributed by atoms with Crippen molar-refractivity contribution in [2.24, 2.45) is 5.41 Å². The van der Waals surface area contributed by atoms with Gasteiger partial charge in [-0.05, 0) is 56.5 Å². The average molecular weight is 293 g/mol.